The number of hydrogen-bond acceptors (Lipinski definition) is 8. The molecule has 9 nitrogen and oxygen atoms in total. The molecular weight excluding hydrogens is 585 g/mol. The Morgan fingerprint density at radius 1 is 1.11 bits per heavy atom. The van der Waals surface area contributed by atoms with Crippen molar-refractivity contribution in [3.05, 3.63) is 57.8 Å². The number of anilines is 2. The number of benzene rings is 1. The Bertz CT molecular complexity index is 1500. The van der Waals surface area contributed by atoms with Gasteiger partial charge in [0.05, 0.1) is 42.5 Å². The summed E-state index contributed by atoms with van der Waals surface area (Å²) < 4.78 is 81.4. The molecule has 0 aliphatic carbocycles. The molecule has 6 heterocycles. The summed E-state index contributed by atoms with van der Waals surface area (Å²) >= 11 is 0. The van der Waals surface area contributed by atoms with Gasteiger partial charge in [-0.3, -0.25) is 9.58 Å². The van der Waals surface area contributed by atoms with Crippen LogP contribution in [0.25, 0.3) is 0 Å². The number of hydrogen-bond donors (Lipinski definition) is 1. The van der Waals surface area contributed by atoms with Crippen molar-refractivity contribution in [1.82, 2.24) is 24.6 Å². The zero-order valence-electron chi connectivity index (χ0n) is 24.7. The van der Waals surface area contributed by atoms with Gasteiger partial charge < -0.3 is 20.1 Å². The summed E-state index contributed by atoms with van der Waals surface area (Å²) in [5.74, 6) is -0.544. The van der Waals surface area contributed by atoms with E-state index in [1.54, 1.807) is 4.68 Å². The predicted molar refractivity (Wildman–Crippen MR) is 152 cm³/mol. The lowest BCUT2D eigenvalue weighted by molar-refractivity contribution is -0.140. The van der Waals surface area contributed by atoms with Crippen LogP contribution in [0.1, 0.15) is 65.4 Å². The van der Waals surface area contributed by atoms with E-state index in [2.05, 4.69) is 24.9 Å². The van der Waals surface area contributed by atoms with Crippen molar-refractivity contribution in [2.75, 3.05) is 37.4 Å². The maximum Gasteiger partial charge on any atom is 0.416 e. The molecule has 4 aliphatic heterocycles. The highest BCUT2D eigenvalue weighted by Gasteiger charge is 2.40. The van der Waals surface area contributed by atoms with Gasteiger partial charge >= 0.3 is 12.2 Å². The molecule has 2 fully saturated rings. The van der Waals surface area contributed by atoms with Crippen LogP contribution < -0.4 is 15.4 Å². The Balaban J connectivity index is 0.000000323. The first-order valence-electron chi connectivity index (χ1n) is 14.9. The van der Waals surface area contributed by atoms with Gasteiger partial charge in [0.25, 0.3) is 0 Å². The molecule has 3 unspecified atom stereocenters. The minimum atomic E-state index is -4.77. The summed E-state index contributed by atoms with van der Waals surface area (Å²) in [6.45, 7) is 3.02. The highest BCUT2D eigenvalue weighted by molar-refractivity contribution is 5.53. The van der Waals surface area contributed by atoms with Crippen LogP contribution in [0, 0.1) is 5.82 Å². The van der Waals surface area contributed by atoms with Gasteiger partial charge in [-0.2, -0.15) is 28.2 Å². The van der Waals surface area contributed by atoms with Crippen molar-refractivity contribution in [3.8, 4) is 6.01 Å². The molecule has 0 radical (unpaired) electrons. The fraction of sp³-hybridized carbons (Fsp3) is 0.567. The van der Waals surface area contributed by atoms with Gasteiger partial charge in [-0.05, 0) is 50.8 Å². The van der Waals surface area contributed by atoms with E-state index >= 15 is 0 Å². The molecule has 1 aromatic carbocycles. The van der Waals surface area contributed by atoms with E-state index in [-0.39, 0.29) is 24.7 Å². The van der Waals surface area contributed by atoms with E-state index in [0.29, 0.717) is 42.8 Å². The second-order valence-corrected chi connectivity index (χ2v) is 11.8. The normalized spacial score (nSPS) is 23.3. The molecule has 4 aliphatic rings. The molecule has 14 heteroatoms. The van der Waals surface area contributed by atoms with Gasteiger partial charge in [-0.25, -0.2) is 8.78 Å². The first-order valence-corrected chi connectivity index (χ1v) is 14.9. The minimum absolute atomic E-state index is 0.0821. The van der Waals surface area contributed by atoms with Crippen LogP contribution in [-0.4, -0.2) is 63.6 Å². The lowest BCUT2D eigenvalue weighted by Crippen LogP contribution is -2.29. The van der Waals surface area contributed by atoms with Crippen molar-refractivity contribution >= 4 is 11.5 Å². The number of methoxy groups -OCH3 is 1. The average molecular weight is 622 g/mol. The molecule has 2 aromatic heterocycles. The van der Waals surface area contributed by atoms with Gasteiger partial charge in [0.2, 0.25) is 0 Å². The predicted octanol–water partition coefficient (Wildman–Crippen LogP) is 4.92. The SMILES string of the molecule is COc1nc2c(c(N3CCCc4nn(C)cc4C3)n1)COC(c1c(C(F)(F)F)ccc(N)c1F)C2.FC1CC2CCCN2C1. The molecule has 0 amide bonds. The van der Waals surface area contributed by atoms with Crippen LogP contribution in [0.15, 0.2) is 18.3 Å². The Kier molecular flexibility index (Phi) is 8.40. The van der Waals surface area contributed by atoms with Crippen molar-refractivity contribution in [2.45, 2.75) is 76.2 Å². The highest BCUT2D eigenvalue weighted by atomic mass is 19.4. The topological polar surface area (TPSA) is 94.6 Å². The summed E-state index contributed by atoms with van der Waals surface area (Å²) in [6, 6.07) is 2.38. The maximum absolute atomic E-state index is 14.9. The van der Waals surface area contributed by atoms with Crippen LogP contribution in [0.5, 0.6) is 6.01 Å². The lowest BCUT2D eigenvalue weighted by atomic mass is 9.94. The Hall–Kier alpha value is -3.52. The second-order valence-electron chi connectivity index (χ2n) is 11.8. The third-order valence-electron chi connectivity index (χ3n) is 8.83. The number of nitrogens with zero attached hydrogens (tertiary/aromatic N) is 6. The van der Waals surface area contributed by atoms with E-state index in [0.717, 1.165) is 49.2 Å². The van der Waals surface area contributed by atoms with E-state index in [9.17, 15) is 22.0 Å². The van der Waals surface area contributed by atoms with E-state index in [4.69, 9.17) is 15.2 Å². The van der Waals surface area contributed by atoms with Gasteiger partial charge in [-0.1, -0.05) is 0 Å². The van der Waals surface area contributed by atoms with Crippen LogP contribution in [0.4, 0.5) is 33.5 Å². The summed E-state index contributed by atoms with van der Waals surface area (Å²) in [5.41, 5.74) is 6.69. The molecule has 3 atom stereocenters. The Labute approximate surface area is 252 Å². The first-order chi connectivity index (χ1) is 21.0. The van der Waals surface area contributed by atoms with Crippen LogP contribution in [-0.2, 0) is 44.0 Å². The standard InChI is InChI=1S/C23H24F4N6O2.C7H12FN/c1-32-9-12-10-33(7-3-4-16(12)31-32)21-13-11-35-18(8-17(13)29-22(30-21)34-2)19-14(23(25,26)27)5-6-15(28)20(19)24;8-6-4-7-2-1-3-9(7)5-6/h5-6,9,18H,3-4,7-8,10-11,28H2,1-2H3;6-7H,1-5H2. The average Bonchev–Trinajstić information content (AvgIpc) is 3.63. The first kappa shape index (κ1) is 30.5. The quantitative estimate of drug-likeness (QED) is 0.326. The number of fused-ring (bicyclic) bond motifs is 3. The van der Waals surface area contributed by atoms with Crippen LogP contribution >= 0.6 is 0 Å². The summed E-state index contributed by atoms with van der Waals surface area (Å²) in [6.07, 6.45) is 0.373. The van der Waals surface area contributed by atoms with Gasteiger partial charge in [0.1, 0.15) is 12.0 Å². The molecule has 238 valence electrons. The zero-order chi connectivity index (χ0) is 31.2. The molecule has 0 bridgehead atoms. The fourth-order valence-corrected chi connectivity index (χ4v) is 6.80. The van der Waals surface area contributed by atoms with Crippen molar-refractivity contribution in [2.24, 2.45) is 7.05 Å². The number of nitrogen functional groups attached to an aromatic ring is 1. The number of aryl methyl sites for hydroxylation is 2. The summed E-state index contributed by atoms with van der Waals surface area (Å²) in [7, 11) is 3.29. The summed E-state index contributed by atoms with van der Waals surface area (Å²) in [4.78, 5) is 13.3. The van der Waals surface area contributed by atoms with Crippen molar-refractivity contribution in [1.29, 1.82) is 0 Å². The number of aromatic nitrogens is 4. The molecule has 0 saturated carbocycles. The number of nitrogens with two attached hydrogens (primary N) is 1. The van der Waals surface area contributed by atoms with Crippen molar-refractivity contribution < 1.29 is 31.4 Å². The van der Waals surface area contributed by atoms with E-state index < -0.39 is 35.4 Å². The van der Waals surface area contributed by atoms with Gasteiger partial charge in [0.15, 0.2) is 5.82 Å². The number of rotatable bonds is 3. The Morgan fingerprint density at radius 2 is 1.93 bits per heavy atom. The highest BCUT2D eigenvalue weighted by Crippen LogP contribution is 2.43. The molecule has 3 aromatic rings. The lowest BCUT2D eigenvalue weighted by Gasteiger charge is -2.31. The molecule has 2 saturated heterocycles. The van der Waals surface area contributed by atoms with Gasteiger partial charge in [0, 0.05) is 62.0 Å². The second kappa shape index (κ2) is 12.1. The van der Waals surface area contributed by atoms with E-state index in [1.165, 1.54) is 20.0 Å². The third kappa shape index (κ3) is 6.06. The van der Waals surface area contributed by atoms with E-state index in [1.807, 2.05) is 13.2 Å². The van der Waals surface area contributed by atoms with Gasteiger partial charge in [-0.15, -0.1) is 0 Å². The Morgan fingerprint density at radius 3 is 2.68 bits per heavy atom. The van der Waals surface area contributed by atoms with Crippen molar-refractivity contribution in [3.63, 3.8) is 0 Å². The fourth-order valence-electron chi connectivity index (χ4n) is 6.80. The number of ether oxygens (including phenoxy) is 2. The zero-order valence-corrected chi connectivity index (χ0v) is 24.7. The molecule has 7 rings (SSSR count). The molecule has 2 N–H and O–H groups in total. The molecule has 44 heavy (non-hydrogen) atoms. The number of halogens is 5. The minimum Gasteiger partial charge on any atom is -0.467 e. The van der Waals surface area contributed by atoms with Crippen LogP contribution in [0.3, 0.4) is 0 Å². The molecular formula is C30H36F5N7O2. The smallest absolute Gasteiger partial charge is 0.416 e. The summed E-state index contributed by atoms with van der Waals surface area (Å²) in [5, 5.41) is 4.52. The number of alkyl halides is 4. The maximum atomic E-state index is 14.9. The molecule has 0 spiro atoms. The third-order valence-corrected chi connectivity index (χ3v) is 8.83. The largest absolute Gasteiger partial charge is 0.467 e. The van der Waals surface area contributed by atoms with Crippen LogP contribution in [0.2, 0.25) is 0 Å². The monoisotopic (exact) mass is 621 g/mol.